The standard InChI is InChI=1S/C15H18N2O/c1-10(2)17-15(18)14(9-16)8-13-6-5-11(3)7-12(13)4/h5-8,10H,1-4H3,(H,17,18)/b14-8+. The molecule has 1 aromatic rings. The summed E-state index contributed by atoms with van der Waals surface area (Å²) >= 11 is 0. The Bertz CT molecular complexity index is 522. The van der Waals surface area contributed by atoms with Crippen LogP contribution < -0.4 is 5.32 Å². The van der Waals surface area contributed by atoms with E-state index in [1.165, 1.54) is 0 Å². The van der Waals surface area contributed by atoms with Crippen molar-refractivity contribution in [2.45, 2.75) is 33.7 Å². The van der Waals surface area contributed by atoms with Gasteiger partial charge in [-0.05, 0) is 44.9 Å². The van der Waals surface area contributed by atoms with Crippen LogP contribution in [0.1, 0.15) is 30.5 Å². The molecule has 0 spiro atoms. The van der Waals surface area contributed by atoms with Gasteiger partial charge in [0.15, 0.2) is 0 Å². The molecule has 1 rings (SSSR count). The van der Waals surface area contributed by atoms with Crippen LogP contribution >= 0.6 is 0 Å². The van der Waals surface area contributed by atoms with E-state index in [0.717, 1.165) is 16.7 Å². The molecule has 1 N–H and O–H groups in total. The number of nitrogens with one attached hydrogen (secondary N) is 1. The summed E-state index contributed by atoms with van der Waals surface area (Å²) in [6.07, 6.45) is 1.63. The van der Waals surface area contributed by atoms with Gasteiger partial charge in [-0.3, -0.25) is 4.79 Å². The van der Waals surface area contributed by atoms with Gasteiger partial charge in [-0.15, -0.1) is 0 Å². The largest absolute Gasteiger partial charge is 0.349 e. The fourth-order valence-corrected chi connectivity index (χ4v) is 1.63. The smallest absolute Gasteiger partial charge is 0.262 e. The molecule has 0 aliphatic carbocycles. The first-order valence-corrected chi connectivity index (χ1v) is 5.94. The molecular weight excluding hydrogens is 224 g/mol. The zero-order valence-corrected chi connectivity index (χ0v) is 11.2. The molecule has 0 fully saturated rings. The van der Waals surface area contributed by atoms with E-state index >= 15 is 0 Å². The highest BCUT2D eigenvalue weighted by atomic mass is 16.1. The number of amides is 1. The highest BCUT2D eigenvalue weighted by molar-refractivity contribution is 6.01. The van der Waals surface area contributed by atoms with Crippen LogP contribution in [0.25, 0.3) is 6.08 Å². The number of carbonyl (C=O) groups is 1. The van der Waals surface area contributed by atoms with Crippen molar-refractivity contribution in [1.82, 2.24) is 5.32 Å². The van der Waals surface area contributed by atoms with E-state index in [0.29, 0.717) is 0 Å². The second kappa shape index (κ2) is 6.02. The number of nitriles is 1. The number of carbonyl (C=O) groups excluding carboxylic acids is 1. The number of benzene rings is 1. The number of nitrogens with zero attached hydrogens (tertiary/aromatic N) is 1. The van der Waals surface area contributed by atoms with Crippen LogP contribution in [0.2, 0.25) is 0 Å². The van der Waals surface area contributed by atoms with Gasteiger partial charge in [0.2, 0.25) is 0 Å². The minimum Gasteiger partial charge on any atom is -0.349 e. The zero-order valence-electron chi connectivity index (χ0n) is 11.2. The maximum atomic E-state index is 11.8. The Kier molecular flexibility index (Phi) is 4.67. The van der Waals surface area contributed by atoms with Crippen LogP contribution in [-0.4, -0.2) is 11.9 Å². The molecular formula is C15H18N2O. The maximum absolute atomic E-state index is 11.8. The lowest BCUT2D eigenvalue weighted by atomic mass is 10.0. The van der Waals surface area contributed by atoms with E-state index in [1.54, 1.807) is 6.08 Å². The number of rotatable bonds is 3. The topological polar surface area (TPSA) is 52.9 Å². The Balaban J connectivity index is 3.05. The van der Waals surface area contributed by atoms with E-state index in [9.17, 15) is 4.79 Å². The van der Waals surface area contributed by atoms with Gasteiger partial charge in [0.1, 0.15) is 11.6 Å². The van der Waals surface area contributed by atoms with Crippen molar-refractivity contribution in [3.63, 3.8) is 0 Å². The van der Waals surface area contributed by atoms with Crippen molar-refractivity contribution in [2.75, 3.05) is 0 Å². The van der Waals surface area contributed by atoms with E-state index in [2.05, 4.69) is 5.32 Å². The van der Waals surface area contributed by atoms with Gasteiger partial charge in [-0.1, -0.05) is 23.8 Å². The summed E-state index contributed by atoms with van der Waals surface area (Å²) < 4.78 is 0. The molecule has 0 atom stereocenters. The molecule has 0 saturated carbocycles. The first-order valence-electron chi connectivity index (χ1n) is 5.94. The molecule has 18 heavy (non-hydrogen) atoms. The fraction of sp³-hybridized carbons (Fsp3) is 0.333. The third-order valence-electron chi connectivity index (χ3n) is 2.51. The Morgan fingerprint density at radius 3 is 2.56 bits per heavy atom. The molecule has 0 radical (unpaired) electrons. The first-order chi connectivity index (χ1) is 8.43. The molecule has 0 bridgehead atoms. The van der Waals surface area contributed by atoms with Crippen LogP contribution in [-0.2, 0) is 4.79 Å². The van der Waals surface area contributed by atoms with Gasteiger partial charge in [0.05, 0.1) is 0 Å². The van der Waals surface area contributed by atoms with Crippen molar-refractivity contribution in [3.8, 4) is 6.07 Å². The predicted octanol–water partition coefficient (Wildman–Crippen LogP) is 2.74. The Morgan fingerprint density at radius 1 is 1.39 bits per heavy atom. The minimum atomic E-state index is -0.326. The average Bonchev–Trinajstić information content (AvgIpc) is 2.27. The van der Waals surface area contributed by atoms with Gasteiger partial charge in [0, 0.05) is 6.04 Å². The van der Waals surface area contributed by atoms with Gasteiger partial charge in [-0.2, -0.15) is 5.26 Å². The molecule has 0 saturated heterocycles. The van der Waals surface area contributed by atoms with Crippen molar-refractivity contribution in [3.05, 3.63) is 40.5 Å². The van der Waals surface area contributed by atoms with Gasteiger partial charge >= 0.3 is 0 Å². The summed E-state index contributed by atoms with van der Waals surface area (Å²) in [6, 6.07) is 7.88. The molecule has 0 aliphatic heterocycles. The minimum absolute atomic E-state index is 0.0216. The van der Waals surface area contributed by atoms with Crippen molar-refractivity contribution in [2.24, 2.45) is 0 Å². The van der Waals surface area contributed by atoms with Gasteiger partial charge in [-0.25, -0.2) is 0 Å². The van der Waals surface area contributed by atoms with E-state index in [-0.39, 0.29) is 17.5 Å². The monoisotopic (exact) mass is 242 g/mol. The fourth-order valence-electron chi connectivity index (χ4n) is 1.63. The summed E-state index contributed by atoms with van der Waals surface area (Å²) in [4.78, 5) is 11.8. The molecule has 3 heteroatoms. The van der Waals surface area contributed by atoms with E-state index in [1.807, 2.05) is 52.0 Å². The molecule has 0 aromatic heterocycles. The Morgan fingerprint density at radius 2 is 2.06 bits per heavy atom. The predicted molar refractivity (Wildman–Crippen MR) is 72.8 cm³/mol. The summed E-state index contributed by atoms with van der Waals surface area (Å²) in [7, 11) is 0. The molecule has 0 heterocycles. The third kappa shape index (κ3) is 3.74. The van der Waals surface area contributed by atoms with Crippen LogP contribution in [0.3, 0.4) is 0 Å². The third-order valence-corrected chi connectivity index (χ3v) is 2.51. The second-order valence-electron chi connectivity index (χ2n) is 4.66. The van der Waals surface area contributed by atoms with E-state index < -0.39 is 0 Å². The molecule has 0 aliphatic rings. The molecule has 3 nitrogen and oxygen atoms in total. The lowest BCUT2D eigenvalue weighted by Gasteiger charge is -2.08. The van der Waals surface area contributed by atoms with Crippen molar-refractivity contribution < 1.29 is 4.79 Å². The average molecular weight is 242 g/mol. The maximum Gasteiger partial charge on any atom is 0.262 e. The van der Waals surface area contributed by atoms with Crippen LogP contribution in [0, 0.1) is 25.2 Å². The Labute approximate surface area is 108 Å². The van der Waals surface area contributed by atoms with Crippen molar-refractivity contribution >= 4 is 12.0 Å². The highest BCUT2D eigenvalue weighted by Gasteiger charge is 2.10. The van der Waals surface area contributed by atoms with Crippen molar-refractivity contribution in [1.29, 1.82) is 5.26 Å². The molecule has 94 valence electrons. The van der Waals surface area contributed by atoms with Crippen LogP contribution in [0.5, 0.6) is 0 Å². The summed E-state index contributed by atoms with van der Waals surface area (Å²) in [5, 5.41) is 11.8. The first kappa shape index (κ1) is 14.0. The lowest BCUT2D eigenvalue weighted by Crippen LogP contribution is -2.30. The van der Waals surface area contributed by atoms with Crippen LogP contribution in [0.4, 0.5) is 0 Å². The summed E-state index contributed by atoms with van der Waals surface area (Å²) in [5.41, 5.74) is 3.25. The lowest BCUT2D eigenvalue weighted by molar-refractivity contribution is -0.117. The second-order valence-corrected chi connectivity index (χ2v) is 4.66. The number of hydrogen-bond donors (Lipinski definition) is 1. The number of aryl methyl sites for hydroxylation is 2. The summed E-state index contributed by atoms with van der Waals surface area (Å²) in [6.45, 7) is 7.71. The van der Waals surface area contributed by atoms with Gasteiger partial charge in [0.25, 0.3) is 5.91 Å². The summed E-state index contributed by atoms with van der Waals surface area (Å²) in [5.74, 6) is -0.326. The number of hydrogen-bond acceptors (Lipinski definition) is 2. The Hall–Kier alpha value is -2.08. The quantitative estimate of drug-likeness (QED) is 0.654. The normalized spacial score (nSPS) is 11.2. The highest BCUT2D eigenvalue weighted by Crippen LogP contribution is 2.14. The SMILES string of the molecule is Cc1ccc(/C=C(\C#N)C(=O)NC(C)C)c(C)c1. The molecule has 0 unspecified atom stereocenters. The zero-order chi connectivity index (χ0) is 13.7. The molecule has 1 aromatic carbocycles. The molecule has 1 amide bonds. The van der Waals surface area contributed by atoms with E-state index in [4.69, 9.17) is 5.26 Å². The van der Waals surface area contributed by atoms with Gasteiger partial charge < -0.3 is 5.32 Å². The van der Waals surface area contributed by atoms with Crippen LogP contribution in [0.15, 0.2) is 23.8 Å².